The zero-order chi connectivity index (χ0) is 15.9. The van der Waals surface area contributed by atoms with E-state index in [1.165, 1.54) is 6.42 Å². The van der Waals surface area contributed by atoms with Gasteiger partial charge in [0.2, 0.25) is 0 Å². The van der Waals surface area contributed by atoms with Gasteiger partial charge in [0.25, 0.3) is 5.91 Å². The van der Waals surface area contributed by atoms with Gasteiger partial charge in [-0.1, -0.05) is 26.0 Å². The van der Waals surface area contributed by atoms with Crippen molar-refractivity contribution in [3.8, 4) is 0 Å². The lowest BCUT2D eigenvalue weighted by atomic mass is 9.92. The molecule has 1 saturated heterocycles. The maximum atomic E-state index is 12.2. The lowest BCUT2D eigenvalue weighted by Gasteiger charge is -2.34. The molecule has 1 N–H and O–H groups in total. The summed E-state index contributed by atoms with van der Waals surface area (Å²) in [6.45, 7) is 9.06. The molecule has 1 fully saturated rings. The number of nitrogens with one attached hydrogen (secondary N) is 1. The molecule has 1 aromatic rings. The molecule has 0 spiro atoms. The summed E-state index contributed by atoms with van der Waals surface area (Å²) in [5.74, 6) is 1.51. The minimum absolute atomic E-state index is 0.00365. The van der Waals surface area contributed by atoms with E-state index in [4.69, 9.17) is 4.74 Å². The molecule has 4 nitrogen and oxygen atoms in total. The van der Waals surface area contributed by atoms with E-state index < -0.39 is 0 Å². The Bertz CT molecular complexity index is 480. The Hall–Kier alpha value is -1.39. The van der Waals surface area contributed by atoms with E-state index in [0.717, 1.165) is 37.0 Å². The van der Waals surface area contributed by atoms with Gasteiger partial charge in [-0.15, -0.1) is 0 Å². The van der Waals surface area contributed by atoms with Gasteiger partial charge in [-0.05, 0) is 36.0 Å². The van der Waals surface area contributed by atoms with Crippen LogP contribution in [0.4, 0.5) is 0 Å². The molecule has 1 aliphatic rings. The third-order valence-corrected chi connectivity index (χ3v) is 4.16. The number of carbonyl (C=O) groups is 1. The lowest BCUT2D eigenvalue weighted by molar-refractivity contribution is 0.0936. The van der Waals surface area contributed by atoms with Crippen molar-refractivity contribution in [3.05, 3.63) is 35.4 Å². The molecule has 0 aromatic heterocycles. The number of ether oxygens (including phenoxy) is 1. The van der Waals surface area contributed by atoms with Crippen LogP contribution >= 0.6 is 0 Å². The normalized spacial score (nSPS) is 22.5. The minimum Gasteiger partial charge on any atom is -0.380 e. The molecule has 122 valence electrons. The Morgan fingerprint density at radius 2 is 2.05 bits per heavy atom. The van der Waals surface area contributed by atoms with Gasteiger partial charge in [0.15, 0.2) is 0 Å². The summed E-state index contributed by atoms with van der Waals surface area (Å²) in [7, 11) is 1.66. The molecule has 1 amide bonds. The summed E-state index contributed by atoms with van der Waals surface area (Å²) in [5, 5.41) is 3.02. The summed E-state index contributed by atoms with van der Waals surface area (Å²) in [5.41, 5.74) is 1.73. The Kier molecular flexibility index (Phi) is 6.40. The van der Waals surface area contributed by atoms with Crippen molar-refractivity contribution in [2.24, 2.45) is 11.8 Å². The number of likely N-dealkylation sites (tertiary alicyclic amines) is 1. The number of amides is 1. The summed E-state index contributed by atoms with van der Waals surface area (Å²) < 4.78 is 5.10. The monoisotopic (exact) mass is 304 g/mol. The van der Waals surface area contributed by atoms with Crippen LogP contribution in [0.3, 0.4) is 0 Å². The first-order chi connectivity index (χ1) is 10.6. The van der Waals surface area contributed by atoms with Crippen molar-refractivity contribution in [1.82, 2.24) is 10.2 Å². The highest BCUT2D eigenvalue weighted by Crippen LogP contribution is 2.20. The third kappa shape index (κ3) is 5.11. The van der Waals surface area contributed by atoms with E-state index in [-0.39, 0.29) is 5.91 Å². The van der Waals surface area contributed by atoms with Crippen molar-refractivity contribution in [2.75, 3.05) is 33.3 Å². The van der Waals surface area contributed by atoms with E-state index in [1.807, 2.05) is 24.3 Å². The molecule has 0 radical (unpaired) electrons. The summed E-state index contributed by atoms with van der Waals surface area (Å²) in [6.07, 6.45) is 1.31. The Morgan fingerprint density at radius 1 is 1.32 bits per heavy atom. The van der Waals surface area contributed by atoms with Gasteiger partial charge in [-0.25, -0.2) is 0 Å². The number of nitrogens with zero attached hydrogens (tertiary/aromatic N) is 1. The van der Waals surface area contributed by atoms with Gasteiger partial charge < -0.3 is 15.0 Å². The Morgan fingerprint density at radius 3 is 2.73 bits per heavy atom. The molecule has 0 bridgehead atoms. The van der Waals surface area contributed by atoms with Crippen LogP contribution in [0.5, 0.6) is 0 Å². The summed E-state index contributed by atoms with van der Waals surface area (Å²) in [4.78, 5) is 14.7. The van der Waals surface area contributed by atoms with E-state index in [9.17, 15) is 4.79 Å². The average molecular weight is 304 g/mol. The average Bonchev–Trinajstić information content (AvgIpc) is 2.47. The van der Waals surface area contributed by atoms with Gasteiger partial charge in [-0.2, -0.15) is 0 Å². The van der Waals surface area contributed by atoms with E-state index >= 15 is 0 Å². The van der Waals surface area contributed by atoms with Gasteiger partial charge in [0, 0.05) is 38.9 Å². The number of hydrogen-bond acceptors (Lipinski definition) is 3. The van der Waals surface area contributed by atoms with Crippen LogP contribution in [0.1, 0.15) is 36.2 Å². The Balaban J connectivity index is 1.79. The van der Waals surface area contributed by atoms with E-state index in [2.05, 4.69) is 24.1 Å². The van der Waals surface area contributed by atoms with Gasteiger partial charge in [-0.3, -0.25) is 4.79 Å². The predicted octanol–water partition coefficient (Wildman–Crippen LogP) is 2.54. The second kappa shape index (κ2) is 8.30. The van der Waals surface area contributed by atoms with Crippen LogP contribution in [-0.2, 0) is 11.3 Å². The standard InChI is InChI=1S/C18H28N2O2/c1-14-9-15(2)12-20(11-14)8-7-19-18(21)17-6-4-5-16(10-17)13-22-3/h4-6,10,14-15H,7-9,11-13H2,1-3H3,(H,19,21)/t14-,15-/m0/s1. The number of methoxy groups -OCH3 is 1. The van der Waals surface area contributed by atoms with Gasteiger partial charge >= 0.3 is 0 Å². The van der Waals surface area contributed by atoms with Crippen molar-refractivity contribution in [3.63, 3.8) is 0 Å². The fourth-order valence-corrected chi connectivity index (χ4v) is 3.37. The largest absolute Gasteiger partial charge is 0.380 e. The first-order valence-corrected chi connectivity index (χ1v) is 8.17. The van der Waals surface area contributed by atoms with Crippen molar-refractivity contribution in [1.29, 1.82) is 0 Å². The molecule has 1 heterocycles. The number of hydrogen-bond donors (Lipinski definition) is 1. The zero-order valence-corrected chi connectivity index (χ0v) is 14.0. The quantitative estimate of drug-likeness (QED) is 0.878. The summed E-state index contributed by atoms with van der Waals surface area (Å²) >= 11 is 0. The van der Waals surface area contributed by atoms with Crippen LogP contribution in [-0.4, -0.2) is 44.1 Å². The SMILES string of the molecule is COCc1cccc(C(=O)NCCN2C[C@@H](C)C[C@H](C)C2)c1. The second-order valence-corrected chi connectivity index (χ2v) is 6.59. The fraction of sp³-hybridized carbons (Fsp3) is 0.611. The number of benzene rings is 1. The fourth-order valence-electron chi connectivity index (χ4n) is 3.37. The van der Waals surface area contributed by atoms with E-state index in [1.54, 1.807) is 7.11 Å². The smallest absolute Gasteiger partial charge is 0.251 e. The molecule has 0 saturated carbocycles. The number of rotatable bonds is 6. The van der Waals surface area contributed by atoms with Crippen LogP contribution < -0.4 is 5.32 Å². The highest BCUT2D eigenvalue weighted by molar-refractivity contribution is 5.94. The number of piperidine rings is 1. The second-order valence-electron chi connectivity index (χ2n) is 6.59. The maximum Gasteiger partial charge on any atom is 0.251 e. The first kappa shape index (κ1) is 17.0. The molecular formula is C18H28N2O2. The Labute approximate surface area is 133 Å². The zero-order valence-electron chi connectivity index (χ0n) is 14.0. The molecule has 2 atom stereocenters. The van der Waals surface area contributed by atoms with Crippen LogP contribution in [0.15, 0.2) is 24.3 Å². The van der Waals surface area contributed by atoms with Gasteiger partial charge in [0.1, 0.15) is 0 Å². The molecule has 0 unspecified atom stereocenters. The predicted molar refractivity (Wildman–Crippen MR) is 88.9 cm³/mol. The van der Waals surface area contributed by atoms with E-state index in [0.29, 0.717) is 18.7 Å². The topological polar surface area (TPSA) is 41.6 Å². The van der Waals surface area contributed by atoms with Crippen LogP contribution in [0.2, 0.25) is 0 Å². The van der Waals surface area contributed by atoms with Crippen molar-refractivity contribution < 1.29 is 9.53 Å². The molecule has 2 rings (SSSR count). The number of carbonyl (C=O) groups excluding carboxylic acids is 1. The molecule has 1 aliphatic heterocycles. The van der Waals surface area contributed by atoms with Crippen LogP contribution in [0, 0.1) is 11.8 Å². The lowest BCUT2D eigenvalue weighted by Crippen LogP contribution is -2.42. The minimum atomic E-state index is -0.00365. The third-order valence-electron chi connectivity index (χ3n) is 4.16. The highest BCUT2D eigenvalue weighted by Gasteiger charge is 2.21. The first-order valence-electron chi connectivity index (χ1n) is 8.17. The molecule has 4 heteroatoms. The molecule has 22 heavy (non-hydrogen) atoms. The maximum absolute atomic E-state index is 12.2. The molecule has 1 aromatic carbocycles. The molecular weight excluding hydrogens is 276 g/mol. The van der Waals surface area contributed by atoms with Crippen molar-refractivity contribution in [2.45, 2.75) is 26.9 Å². The van der Waals surface area contributed by atoms with Crippen LogP contribution in [0.25, 0.3) is 0 Å². The van der Waals surface area contributed by atoms with Gasteiger partial charge in [0.05, 0.1) is 6.61 Å². The molecule has 0 aliphatic carbocycles. The highest BCUT2D eigenvalue weighted by atomic mass is 16.5. The van der Waals surface area contributed by atoms with Crippen molar-refractivity contribution >= 4 is 5.91 Å². The summed E-state index contributed by atoms with van der Waals surface area (Å²) in [6, 6.07) is 7.61.